The van der Waals surface area contributed by atoms with Crippen molar-refractivity contribution in [3.05, 3.63) is 71.9 Å². The molecule has 3 aromatic rings. The van der Waals surface area contributed by atoms with Crippen molar-refractivity contribution in [2.45, 2.75) is 25.8 Å². The Labute approximate surface area is 153 Å². The zero-order valence-corrected chi connectivity index (χ0v) is 15.0. The Morgan fingerprint density at radius 3 is 2.54 bits per heavy atom. The van der Waals surface area contributed by atoms with Crippen LogP contribution in [0, 0.1) is 6.92 Å². The van der Waals surface area contributed by atoms with E-state index >= 15 is 0 Å². The molecule has 4 heteroatoms. The summed E-state index contributed by atoms with van der Waals surface area (Å²) >= 11 is 0. The van der Waals surface area contributed by atoms with Gasteiger partial charge in [0.15, 0.2) is 0 Å². The highest BCUT2D eigenvalue weighted by atomic mass is 16.5. The third kappa shape index (κ3) is 3.10. The fourth-order valence-corrected chi connectivity index (χ4v) is 3.23. The minimum absolute atomic E-state index is 0.00354. The highest BCUT2D eigenvalue weighted by molar-refractivity contribution is 5.97. The molecular weight excluding hydrogens is 324 g/mol. The molecule has 1 aromatic heterocycles. The fourth-order valence-electron chi connectivity index (χ4n) is 3.23. The molecule has 1 aliphatic carbocycles. The van der Waals surface area contributed by atoms with Gasteiger partial charge in [0.1, 0.15) is 5.75 Å². The lowest BCUT2D eigenvalue weighted by atomic mass is 10.1. The van der Waals surface area contributed by atoms with Crippen LogP contribution < -0.4 is 10.1 Å². The first-order chi connectivity index (χ1) is 12.7. The fraction of sp³-hybridized carbons (Fsp3) is 0.227. The summed E-state index contributed by atoms with van der Waals surface area (Å²) in [6, 6.07) is 20.4. The summed E-state index contributed by atoms with van der Waals surface area (Å²) < 4.78 is 7.51. The standard InChI is InChI=1S/C22H22N2O2/c1-15-20(22(25)23-17-11-12-17)14-21(16-7-6-10-19(13-16)26-2)24(15)18-8-4-3-5-9-18/h3-10,13-14,17H,11-12H2,1-2H3,(H,23,25). The number of para-hydroxylation sites is 1. The maximum Gasteiger partial charge on any atom is 0.253 e. The first-order valence-electron chi connectivity index (χ1n) is 8.90. The number of nitrogens with one attached hydrogen (secondary N) is 1. The van der Waals surface area contributed by atoms with Crippen molar-refractivity contribution in [2.24, 2.45) is 0 Å². The van der Waals surface area contributed by atoms with Gasteiger partial charge in [0.05, 0.1) is 18.4 Å². The third-order valence-corrected chi connectivity index (χ3v) is 4.78. The van der Waals surface area contributed by atoms with Crippen LogP contribution in [0.5, 0.6) is 5.75 Å². The van der Waals surface area contributed by atoms with Crippen molar-refractivity contribution in [1.29, 1.82) is 0 Å². The van der Waals surface area contributed by atoms with Gasteiger partial charge >= 0.3 is 0 Å². The van der Waals surface area contributed by atoms with Crippen molar-refractivity contribution in [3.8, 4) is 22.7 Å². The number of rotatable bonds is 5. The highest BCUT2D eigenvalue weighted by Crippen LogP contribution is 2.32. The molecule has 1 aliphatic rings. The van der Waals surface area contributed by atoms with Gasteiger partial charge in [0, 0.05) is 23.0 Å². The third-order valence-electron chi connectivity index (χ3n) is 4.78. The van der Waals surface area contributed by atoms with Crippen LogP contribution in [0.15, 0.2) is 60.7 Å². The van der Waals surface area contributed by atoms with E-state index in [2.05, 4.69) is 22.0 Å². The van der Waals surface area contributed by atoms with Crippen LogP contribution in [-0.4, -0.2) is 23.6 Å². The van der Waals surface area contributed by atoms with Crippen molar-refractivity contribution in [3.63, 3.8) is 0 Å². The van der Waals surface area contributed by atoms with Crippen LogP contribution in [0.3, 0.4) is 0 Å². The first kappa shape index (κ1) is 16.5. The normalized spacial score (nSPS) is 13.5. The quantitative estimate of drug-likeness (QED) is 0.746. The molecule has 0 aliphatic heterocycles. The van der Waals surface area contributed by atoms with Gasteiger partial charge in [0.25, 0.3) is 5.91 Å². The number of amides is 1. The zero-order chi connectivity index (χ0) is 18.1. The molecule has 0 saturated heterocycles. The van der Waals surface area contributed by atoms with Gasteiger partial charge in [-0.15, -0.1) is 0 Å². The van der Waals surface area contributed by atoms with Gasteiger partial charge in [-0.2, -0.15) is 0 Å². The predicted octanol–water partition coefficient (Wildman–Crippen LogP) is 4.35. The van der Waals surface area contributed by atoms with E-state index in [9.17, 15) is 4.79 Å². The molecule has 1 fully saturated rings. The van der Waals surface area contributed by atoms with E-state index in [1.54, 1.807) is 7.11 Å². The van der Waals surface area contributed by atoms with E-state index in [0.29, 0.717) is 6.04 Å². The maximum absolute atomic E-state index is 12.7. The first-order valence-corrected chi connectivity index (χ1v) is 8.90. The van der Waals surface area contributed by atoms with E-state index in [0.717, 1.165) is 46.8 Å². The second-order valence-electron chi connectivity index (χ2n) is 6.68. The molecule has 0 bridgehead atoms. The van der Waals surface area contributed by atoms with Gasteiger partial charge in [-0.1, -0.05) is 30.3 Å². The average molecular weight is 346 g/mol. The number of hydrogen-bond acceptors (Lipinski definition) is 2. The SMILES string of the molecule is COc1cccc(-c2cc(C(=O)NC3CC3)c(C)n2-c2ccccc2)c1. The number of methoxy groups -OCH3 is 1. The Bertz CT molecular complexity index is 940. The van der Waals surface area contributed by atoms with Crippen molar-refractivity contribution in [2.75, 3.05) is 7.11 Å². The summed E-state index contributed by atoms with van der Waals surface area (Å²) in [4.78, 5) is 12.7. The largest absolute Gasteiger partial charge is 0.497 e. The molecule has 132 valence electrons. The summed E-state index contributed by atoms with van der Waals surface area (Å²) in [7, 11) is 1.66. The van der Waals surface area contributed by atoms with Gasteiger partial charge < -0.3 is 14.6 Å². The van der Waals surface area contributed by atoms with Crippen molar-refractivity contribution in [1.82, 2.24) is 9.88 Å². The van der Waals surface area contributed by atoms with Crippen LogP contribution in [0.25, 0.3) is 16.9 Å². The Kier molecular flexibility index (Phi) is 4.25. The number of nitrogens with zero attached hydrogens (tertiary/aromatic N) is 1. The molecule has 1 amide bonds. The van der Waals surface area contributed by atoms with Crippen LogP contribution in [0.1, 0.15) is 28.9 Å². The number of carbonyl (C=O) groups is 1. The van der Waals surface area contributed by atoms with Crippen LogP contribution in [-0.2, 0) is 0 Å². The number of benzene rings is 2. The number of hydrogen-bond donors (Lipinski definition) is 1. The van der Waals surface area contributed by atoms with Crippen LogP contribution in [0.4, 0.5) is 0 Å². The van der Waals surface area contributed by atoms with Gasteiger partial charge in [-0.05, 0) is 50.1 Å². The summed E-state index contributed by atoms with van der Waals surface area (Å²) in [6.45, 7) is 2.00. The van der Waals surface area contributed by atoms with Crippen LogP contribution in [0.2, 0.25) is 0 Å². The predicted molar refractivity (Wildman–Crippen MR) is 103 cm³/mol. The topological polar surface area (TPSA) is 43.3 Å². The van der Waals surface area contributed by atoms with Gasteiger partial charge in [-0.25, -0.2) is 0 Å². The molecule has 4 rings (SSSR count). The average Bonchev–Trinajstić information content (AvgIpc) is 3.42. The number of ether oxygens (including phenoxy) is 1. The molecule has 0 spiro atoms. The van der Waals surface area contributed by atoms with E-state index in [1.807, 2.05) is 55.5 Å². The molecule has 1 saturated carbocycles. The Morgan fingerprint density at radius 2 is 1.85 bits per heavy atom. The second-order valence-corrected chi connectivity index (χ2v) is 6.68. The van der Waals surface area contributed by atoms with Gasteiger partial charge in [0.2, 0.25) is 0 Å². The van der Waals surface area contributed by atoms with E-state index in [4.69, 9.17) is 4.74 Å². The summed E-state index contributed by atoms with van der Waals surface area (Å²) in [5.74, 6) is 0.800. The molecule has 1 N–H and O–H groups in total. The van der Waals surface area contributed by atoms with Crippen molar-refractivity contribution >= 4 is 5.91 Å². The maximum atomic E-state index is 12.7. The minimum Gasteiger partial charge on any atom is -0.497 e. The van der Waals surface area contributed by atoms with E-state index in [1.165, 1.54) is 0 Å². The molecule has 26 heavy (non-hydrogen) atoms. The lowest BCUT2D eigenvalue weighted by Gasteiger charge is -2.13. The van der Waals surface area contributed by atoms with Gasteiger partial charge in [-0.3, -0.25) is 4.79 Å². The smallest absolute Gasteiger partial charge is 0.253 e. The Morgan fingerprint density at radius 1 is 1.08 bits per heavy atom. The number of carbonyl (C=O) groups excluding carboxylic acids is 1. The van der Waals surface area contributed by atoms with E-state index in [-0.39, 0.29) is 5.91 Å². The lowest BCUT2D eigenvalue weighted by molar-refractivity contribution is 0.0950. The summed E-state index contributed by atoms with van der Waals surface area (Å²) in [5, 5.41) is 3.10. The molecule has 0 unspecified atom stereocenters. The zero-order valence-electron chi connectivity index (χ0n) is 15.0. The van der Waals surface area contributed by atoms with Crippen LogP contribution >= 0.6 is 0 Å². The summed E-state index contributed by atoms with van der Waals surface area (Å²) in [5.41, 5.74) is 4.69. The molecule has 1 heterocycles. The summed E-state index contributed by atoms with van der Waals surface area (Å²) in [6.07, 6.45) is 2.15. The highest BCUT2D eigenvalue weighted by Gasteiger charge is 2.26. The lowest BCUT2D eigenvalue weighted by Crippen LogP contribution is -2.25. The second kappa shape index (κ2) is 6.71. The molecule has 0 atom stereocenters. The number of aromatic nitrogens is 1. The Hall–Kier alpha value is -3.01. The monoisotopic (exact) mass is 346 g/mol. The van der Waals surface area contributed by atoms with Crippen molar-refractivity contribution < 1.29 is 9.53 Å². The minimum atomic E-state index is 0.00354. The molecule has 4 nitrogen and oxygen atoms in total. The molecule has 2 aromatic carbocycles. The Balaban J connectivity index is 1.86. The molecule has 0 radical (unpaired) electrons. The van der Waals surface area contributed by atoms with E-state index < -0.39 is 0 Å². The molecular formula is C22H22N2O2.